The molecule has 0 saturated carbocycles. The Balaban J connectivity index is 2.41. The average Bonchev–Trinajstić information content (AvgIpc) is 2.65. The summed E-state index contributed by atoms with van der Waals surface area (Å²) in [7, 11) is 0. The summed E-state index contributed by atoms with van der Waals surface area (Å²) in [6.45, 7) is 10.5. The maximum Gasteiger partial charge on any atom is 0.257 e. The van der Waals surface area contributed by atoms with Gasteiger partial charge >= 0.3 is 0 Å². The third kappa shape index (κ3) is 5.17. The molecule has 0 aliphatic heterocycles. The van der Waals surface area contributed by atoms with E-state index in [2.05, 4.69) is 9.97 Å². The maximum absolute atomic E-state index is 13.0. The molecule has 0 bridgehead atoms. The SMILES string of the molecule is CCOCCOc1cccc(-c2nc(N)nc(C)c2C(=O)N(CC)CC)c1. The van der Waals surface area contributed by atoms with Crippen molar-refractivity contribution >= 4 is 11.9 Å². The Kier molecular flexibility index (Phi) is 7.55. The molecule has 0 spiro atoms. The second-order valence-corrected chi connectivity index (χ2v) is 5.94. The molecule has 7 heteroatoms. The second kappa shape index (κ2) is 9.87. The normalized spacial score (nSPS) is 10.7. The first-order valence-electron chi connectivity index (χ1n) is 9.26. The van der Waals surface area contributed by atoms with E-state index in [1.807, 2.05) is 45.0 Å². The van der Waals surface area contributed by atoms with E-state index < -0.39 is 0 Å². The lowest BCUT2D eigenvalue weighted by atomic mass is 10.0. The second-order valence-electron chi connectivity index (χ2n) is 5.94. The number of hydrogen-bond donors (Lipinski definition) is 1. The summed E-state index contributed by atoms with van der Waals surface area (Å²) < 4.78 is 11.0. The molecule has 146 valence electrons. The first-order valence-corrected chi connectivity index (χ1v) is 9.26. The number of benzene rings is 1. The highest BCUT2D eigenvalue weighted by Gasteiger charge is 2.23. The van der Waals surface area contributed by atoms with Crippen LogP contribution in [0.1, 0.15) is 36.8 Å². The van der Waals surface area contributed by atoms with Gasteiger partial charge in [0.15, 0.2) is 0 Å². The minimum atomic E-state index is -0.102. The molecule has 2 rings (SSSR count). The molecule has 2 N–H and O–H groups in total. The molecule has 0 aliphatic carbocycles. The van der Waals surface area contributed by atoms with Crippen LogP contribution in [-0.2, 0) is 4.74 Å². The van der Waals surface area contributed by atoms with Crippen LogP contribution in [0.15, 0.2) is 24.3 Å². The average molecular weight is 372 g/mol. The molecular formula is C20H28N4O3. The van der Waals surface area contributed by atoms with Crippen LogP contribution in [0.2, 0.25) is 0 Å². The Morgan fingerprint density at radius 1 is 1.15 bits per heavy atom. The van der Waals surface area contributed by atoms with Crippen LogP contribution >= 0.6 is 0 Å². The molecule has 0 aliphatic rings. The highest BCUT2D eigenvalue weighted by molar-refractivity contribution is 6.01. The number of aromatic nitrogens is 2. The van der Waals surface area contributed by atoms with Gasteiger partial charge in [-0.2, -0.15) is 0 Å². The number of carbonyl (C=O) groups excluding carboxylic acids is 1. The van der Waals surface area contributed by atoms with Gasteiger partial charge in [-0.25, -0.2) is 9.97 Å². The lowest BCUT2D eigenvalue weighted by Crippen LogP contribution is -2.32. The molecule has 1 aromatic heterocycles. The van der Waals surface area contributed by atoms with Crippen molar-refractivity contribution < 1.29 is 14.3 Å². The summed E-state index contributed by atoms with van der Waals surface area (Å²) in [6.07, 6.45) is 0. The van der Waals surface area contributed by atoms with Crippen LogP contribution in [0, 0.1) is 6.92 Å². The third-order valence-corrected chi connectivity index (χ3v) is 4.18. The van der Waals surface area contributed by atoms with Crippen molar-refractivity contribution in [2.75, 3.05) is 38.6 Å². The van der Waals surface area contributed by atoms with Crippen molar-refractivity contribution in [3.8, 4) is 17.0 Å². The lowest BCUT2D eigenvalue weighted by Gasteiger charge is -2.21. The van der Waals surface area contributed by atoms with E-state index >= 15 is 0 Å². The van der Waals surface area contributed by atoms with Crippen molar-refractivity contribution in [2.24, 2.45) is 0 Å². The van der Waals surface area contributed by atoms with Crippen molar-refractivity contribution in [1.82, 2.24) is 14.9 Å². The topological polar surface area (TPSA) is 90.6 Å². The number of ether oxygens (including phenoxy) is 2. The van der Waals surface area contributed by atoms with Gasteiger partial charge < -0.3 is 20.1 Å². The minimum Gasteiger partial charge on any atom is -0.491 e. The molecule has 1 heterocycles. The van der Waals surface area contributed by atoms with E-state index in [0.717, 1.165) is 5.56 Å². The first kappa shape index (κ1) is 20.6. The Morgan fingerprint density at radius 2 is 1.89 bits per heavy atom. The van der Waals surface area contributed by atoms with Crippen molar-refractivity contribution in [1.29, 1.82) is 0 Å². The van der Waals surface area contributed by atoms with Crippen LogP contribution in [0.25, 0.3) is 11.3 Å². The zero-order valence-electron chi connectivity index (χ0n) is 16.5. The van der Waals surface area contributed by atoms with Crippen LogP contribution < -0.4 is 10.5 Å². The molecule has 1 aromatic carbocycles. The van der Waals surface area contributed by atoms with Gasteiger partial charge in [0, 0.05) is 25.3 Å². The van der Waals surface area contributed by atoms with Gasteiger partial charge in [-0.15, -0.1) is 0 Å². The summed E-state index contributed by atoms with van der Waals surface area (Å²) >= 11 is 0. The largest absolute Gasteiger partial charge is 0.491 e. The van der Waals surface area contributed by atoms with Gasteiger partial charge in [-0.1, -0.05) is 12.1 Å². The Bertz CT molecular complexity index is 776. The monoisotopic (exact) mass is 372 g/mol. The highest BCUT2D eigenvalue weighted by atomic mass is 16.5. The molecule has 0 atom stereocenters. The Hall–Kier alpha value is -2.67. The van der Waals surface area contributed by atoms with Crippen molar-refractivity contribution in [3.05, 3.63) is 35.5 Å². The fraction of sp³-hybridized carbons (Fsp3) is 0.450. The first-order chi connectivity index (χ1) is 13.0. The zero-order chi connectivity index (χ0) is 19.8. The van der Waals surface area contributed by atoms with Gasteiger partial charge in [0.25, 0.3) is 5.91 Å². The van der Waals surface area contributed by atoms with Gasteiger partial charge in [-0.3, -0.25) is 4.79 Å². The molecular weight excluding hydrogens is 344 g/mol. The molecule has 0 fully saturated rings. The van der Waals surface area contributed by atoms with Gasteiger partial charge in [0.2, 0.25) is 5.95 Å². The fourth-order valence-corrected chi connectivity index (χ4v) is 2.82. The number of anilines is 1. The van der Waals surface area contributed by atoms with Crippen molar-refractivity contribution in [2.45, 2.75) is 27.7 Å². The van der Waals surface area contributed by atoms with Crippen LogP contribution in [0.4, 0.5) is 5.95 Å². The number of carbonyl (C=O) groups is 1. The zero-order valence-corrected chi connectivity index (χ0v) is 16.5. The fourth-order valence-electron chi connectivity index (χ4n) is 2.82. The molecule has 2 aromatic rings. The standard InChI is InChI=1S/C20H28N4O3/c1-5-24(6-2)19(25)17-14(4)22-20(21)23-18(17)15-9-8-10-16(13-15)27-12-11-26-7-3/h8-10,13H,5-7,11-12H2,1-4H3,(H2,21,22,23). The number of nitrogen functional groups attached to an aromatic ring is 1. The summed E-state index contributed by atoms with van der Waals surface area (Å²) in [4.78, 5) is 23.3. The number of hydrogen-bond acceptors (Lipinski definition) is 6. The predicted octanol–water partition coefficient (Wildman–Crippen LogP) is 2.93. The maximum atomic E-state index is 13.0. The van der Waals surface area contributed by atoms with E-state index in [0.29, 0.717) is 55.6 Å². The number of nitrogens with two attached hydrogens (primary N) is 1. The molecule has 27 heavy (non-hydrogen) atoms. The highest BCUT2D eigenvalue weighted by Crippen LogP contribution is 2.28. The molecule has 0 radical (unpaired) electrons. The van der Waals surface area contributed by atoms with Gasteiger partial charge in [-0.05, 0) is 39.8 Å². The van der Waals surface area contributed by atoms with E-state index in [1.165, 1.54) is 0 Å². The van der Waals surface area contributed by atoms with Crippen LogP contribution in [0.5, 0.6) is 5.75 Å². The predicted molar refractivity (Wildman–Crippen MR) is 106 cm³/mol. The summed E-state index contributed by atoms with van der Waals surface area (Å²) in [5.41, 5.74) is 8.18. The number of nitrogens with zero attached hydrogens (tertiary/aromatic N) is 3. The quantitative estimate of drug-likeness (QED) is 0.681. The number of aryl methyl sites for hydroxylation is 1. The van der Waals surface area contributed by atoms with Crippen LogP contribution in [0.3, 0.4) is 0 Å². The van der Waals surface area contributed by atoms with Gasteiger partial charge in [0.05, 0.1) is 23.6 Å². The molecule has 0 unspecified atom stereocenters. The van der Waals surface area contributed by atoms with Crippen molar-refractivity contribution in [3.63, 3.8) is 0 Å². The van der Waals surface area contributed by atoms with E-state index in [1.54, 1.807) is 11.8 Å². The van der Waals surface area contributed by atoms with E-state index in [9.17, 15) is 4.79 Å². The van der Waals surface area contributed by atoms with Crippen LogP contribution in [-0.4, -0.2) is 53.7 Å². The number of amides is 1. The van der Waals surface area contributed by atoms with Gasteiger partial charge in [0.1, 0.15) is 12.4 Å². The summed E-state index contributed by atoms with van der Waals surface area (Å²) in [5.74, 6) is 0.722. The lowest BCUT2D eigenvalue weighted by molar-refractivity contribution is 0.0772. The smallest absolute Gasteiger partial charge is 0.257 e. The van der Waals surface area contributed by atoms with E-state index in [-0.39, 0.29) is 11.9 Å². The Morgan fingerprint density at radius 3 is 2.56 bits per heavy atom. The molecule has 1 amide bonds. The number of rotatable bonds is 9. The Labute approximate surface area is 160 Å². The molecule has 7 nitrogen and oxygen atoms in total. The minimum absolute atomic E-state index is 0.102. The summed E-state index contributed by atoms with van der Waals surface area (Å²) in [6, 6.07) is 7.46. The molecule has 0 saturated heterocycles. The summed E-state index contributed by atoms with van der Waals surface area (Å²) in [5, 5.41) is 0. The third-order valence-electron chi connectivity index (χ3n) is 4.18. The van der Waals surface area contributed by atoms with E-state index in [4.69, 9.17) is 15.2 Å².